The van der Waals surface area contributed by atoms with Gasteiger partial charge in [0.2, 0.25) is 0 Å². The Labute approximate surface area is 95.8 Å². The van der Waals surface area contributed by atoms with Gasteiger partial charge in [0.15, 0.2) is 5.78 Å². The number of ether oxygens (including phenoxy) is 1. The fourth-order valence-electron chi connectivity index (χ4n) is 1.46. The Morgan fingerprint density at radius 1 is 1.50 bits per heavy atom. The van der Waals surface area contributed by atoms with E-state index >= 15 is 0 Å². The summed E-state index contributed by atoms with van der Waals surface area (Å²) < 4.78 is 5.65. The molecule has 2 rings (SSSR count). The first-order chi connectivity index (χ1) is 7.79. The van der Waals surface area contributed by atoms with Gasteiger partial charge in [-0.2, -0.15) is 0 Å². The van der Waals surface area contributed by atoms with Crippen molar-refractivity contribution in [3.05, 3.63) is 29.8 Å². The standard InChI is InChI=1S/C13H17NO2/c1-2-14-9-13(15)10-4-3-5-12(8-10)16-11-6-7-11/h3-5,8,11,14H,2,6-7,9H2,1H3. The molecule has 0 atom stereocenters. The first-order valence-electron chi connectivity index (χ1n) is 5.80. The van der Waals surface area contributed by atoms with Crippen molar-refractivity contribution >= 4 is 5.78 Å². The number of hydrogen-bond donors (Lipinski definition) is 1. The molecule has 0 radical (unpaired) electrons. The second-order valence-electron chi connectivity index (χ2n) is 4.05. The van der Waals surface area contributed by atoms with Crippen molar-refractivity contribution in [2.24, 2.45) is 0 Å². The molecule has 0 saturated heterocycles. The minimum Gasteiger partial charge on any atom is -0.490 e. The summed E-state index contributed by atoms with van der Waals surface area (Å²) in [5.41, 5.74) is 0.721. The maximum Gasteiger partial charge on any atom is 0.176 e. The molecule has 1 N–H and O–H groups in total. The number of carbonyl (C=O) groups excluding carboxylic acids is 1. The summed E-state index contributed by atoms with van der Waals surface area (Å²) in [6.45, 7) is 3.19. The number of Topliss-reactive ketones (excluding diaryl/α,β-unsaturated/α-hetero) is 1. The summed E-state index contributed by atoms with van der Waals surface area (Å²) in [6.07, 6.45) is 2.64. The average molecular weight is 219 g/mol. The third kappa shape index (κ3) is 3.07. The van der Waals surface area contributed by atoms with Crippen LogP contribution in [0.4, 0.5) is 0 Å². The van der Waals surface area contributed by atoms with Crippen molar-refractivity contribution in [2.75, 3.05) is 13.1 Å². The van der Waals surface area contributed by atoms with E-state index in [0.29, 0.717) is 12.6 Å². The summed E-state index contributed by atoms with van der Waals surface area (Å²) in [7, 11) is 0. The third-order valence-corrected chi connectivity index (χ3v) is 2.52. The molecule has 0 spiro atoms. The number of likely N-dealkylation sites (N-methyl/N-ethyl adjacent to an activating group) is 1. The Morgan fingerprint density at radius 2 is 2.31 bits per heavy atom. The Balaban J connectivity index is 1.99. The average Bonchev–Trinajstić information content (AvgIpc) is 3.10. The zero-order valence-electron chi connectivity index (χ0n) is 9.53. The van der Waals surface area contributed by atoms with E-state index in [9.17, 15) is 4.79 Å². The van der Waals surface area contributed by atoms with Crippen LogP contribution in [-0.2, 0) is 0 Å². The molecule has 0 aliphatic heterocycles. The maximum atomic E-state index is 11.7. The van der Waals surface area contributed by atoms with Crippen molar-refractivity contribution in [1.29, 1.82) is 0 Å². The van der Waals surface area contributed by atoms with Crippen LogP contribution in [-0.4, -0.2) is 25.0 Å². The van der Waals surface area contributed by atoms with Gasteiger partial charge in [-0.3, -0.25) is 4.79 Å². The predicted octanol–water partition coefficient (Wildman–Crippen LogP) is 2.02. The lowest BCUT2D eigenvalue weighted by atomic mass is 10.1. The highest BCUT2D eigenvalue weighted by molar-refractivity contribution is 5.97. The van der Waals surface area contributed by atoms with Crippen LogP contribution in [0.15, 0.2) is 24.3 Å². The smallest absolute Gasteiger partial charge is 0.176 e. The van der Waals surface area contributed by atoms with Crippen molar-refractivity contribution in [1.82, 2.24) is 5.32 Å². The number of rotatable bonds is 6. The largest absolute Gasteiger partial charge is 0.490 e. The van der Waals surface area contributed by atoms with Crippen LogP contribution in [0.25, 0.3) is 0 Å². The van der Waals surface area contributed by atoms with Gasteiger partial charge in [0.25, 0.3) is 0 Å². The predicted molar refractivity (Wildman–Crippen MR) is 63.0 cm³/mol. The number of carbonyl (C=O) groups is 1. The molecule has 16 heavy (non-hydrogen) atoms. The van der Waals surface area contributed by atoms with Gasteiger partial charge in [-0.1, -0.05) is 19.1 Å². The van der Waals surface area contributed by atoms with Gasteiger partial charge in [0.1, 0.15) is 5.75 Å². The van der Waals surface area contributed by atoms with Crippen LogP contribution in [0, 0.1) is 0 Å². The number of hydrogen-bond acceptors (Lipinski definition) is 3. The molecule has 0 unspecified atom stereocenters. The van der Waals surface area contributed by atoms with Crippen LogP contribution in [0.5, 0.6) is 5.75 Å². The van der Waals surface area contributed by atoms with Gasteiger partial charge in [-0.05, 0) is 31.5 Å². The molecule has 0 amide bonds. The maximum absolute atomic E-state index is 11.7. The van der Waals surface area contributed by atoms with E-state index in [-0.39, 0.29) is 5.78 Å². The lowest BCUT2D eigenvalue weighted by Gasteiger charge is -2.06. The van der Waals surface area contributed by atoms with E-state index in [0.717, 1.165) is 30.7 Å². The zero-order chi connectivity index (χ0) is 11.4. The van der Waals surface area contributed by atoms with Gasteiger partial charge < -0.3 is 10.1 Å². The molecule has 1 saturated carbocycles. The highest BCUT2D eigenvalue weighted by Gasteiger charge is 2.23. The summed E-state index contributed by atoms with van der Waals surface area (Å²) >= 11 is 0. The lowest BCUT2D eigenvalue weighted by molar-refractivity contribution is 0.0991. The number of ketones is 1. The summed E-state index contributed by atoms with van der Waals surface area (Å²) in [6, 6.07) is 7.44. The monoisotopic (exact) mass is 219 g/mol. The number of nitrogens with one attached hydrogen (secondary N) is 1. The molecule has 1 fully saturated rings. The van der Waals surface area contributed by atoms with Gasteiger partial charge in [-0.25, -0.2) is 0 Å². The zero-order valence-corrected chi connectivity index (χ0v) is 9.53. The minimum atomic E-state index is 0.114. The van der Waals surface area contributed by atoms with Crippen LogP contribution in [0.3, 0.4) is 0 Å². The molecule has 0 bridgehead atoms. The van der Waals surface area contributed by atoms with Crippen LogP contribution >= 0.6 is 0 Å². The highest BCUT2D eigenvalue weighted by atomic mass is 16.5. The SMILES string of the molecule is CCNCC(=O)c1cccc(OC2CC2)c1. The van der Waals surface area contributed by atoms with E-state index in [4.69, 9.17) is 4.74 Å². The summed E-state index contributed by atoms with van der Waals surface area (Å²) in [4.78, 5) is 11.7. The fourth-order valence-corrected chi connectivity index (χ4v) is 1.46. The second kappa shape index (κ2) is 5.12. The molecule has 1 aliphatic carbocycles. The van der Waals surface area contributed by atoms with Crippen molar-refractivity contribution in [2.45, 2.75) is 25.9 Å². The molecule has 86 valence electrons. The van der Waals surface area contributed by atoms with Crippen LogP contribution in [0.2, 0.25) is 0 Å². The van der Waals surface area contributed by atoms with Gasteiger partial charge in [0.05, 0.1) is 12.6 Å². The Hall–Kier alpha value is -1.35. The lowest BCUT2D eigenvalue weighted by Crippen LogP contribution is -2.22. The van der Waals surface area contributed by atoms with Crippen LogP contribution in [0.1, 0.15) is 30.1 Å². The van der Waals surface area contributed by atoms with Crippen LogP contribution < -0.4 is 10.1 Å². The minimum absolute atomic E-state index is 0.114. The molecule has 1 aliphatic rings. The molecule has 3 heteroatoms. The fraction of sp³-hybridized carbons (Fsp3) is 0.462. The summed E-state index contributed by atoms with van der Waals surface area (Å²) in [5.74, 6) is 0.924. The molecule has 1 aromatic rings. The first kappa shape index (κ1) is 11.1. The van der Waals surface area contributed by atoms with Gasteiger partial charge >= 0.3 is 0 Å². The van der Waals surface area contributed by atoms with Crippen molar-refractivity contribution in [3.8, 4) is 5.75 Å². The normalized spacial score (nSPS) is 14.8. The molecule has 0 aromatic heterocycles. The summed E-state index contributed by atoms with van der Waals surface area (Å²) in [5, 5.41) is 3.03. The second-order valence-corrected chi connectivity index (χ2v) is 4.05. The van der Waals surface area contributed by atoms with Crippen molar-refractivity contribution in [3.63, 3.8) is 0 Å². The van der Waals surface area contributed by atoms with Crippen molar-refractivity contribution < 1.29 is 9.53 Å². The Kier molecular flexibility index (Phi) is 3.57. The highest BCUT2D eigenvalue weighted by Crippen LogP contribution is 2.27. The van der Waals surface area contributed by atoms with E-state index in [1.807, 2.05) is 31.2 Å². The molecule has 0 heterocycles. The molecule has 3 nitrogen and oxygen atoms in total. The van der Waals surface area contributed by atoms with E-state index in [1.54, 1.807) is 0 Å². The quantitative estimate of drug-likeness (QED) is 0.744. The van der Waals surface area contributed by atoms with E-state index in [1.165, 1.54) is 0 Å². The molecular weight excluding hydrogens is 202 g/mol. The Bertz CT molecular complexity index is 372. The third-order valence-electron chi connectivity index (χ3n) is 2.52. The van der Waals surface area contributed by atoms with Gasteiger partial charge in [-0.15, -0.1) is 0 Å². The van der Waals surface area contributed by atoms with E-state index < -0.39 is 0 Å². The van der Waals surface area contributed by atoms with Gasteiger partial charge in [0, 0.05) is 5.56 Å². The number of benzene rings is 1. The molecule has 1 aromatic carbocycles. The topological polar surface area (TPSA) is 38.3 Å². The molecular formula is C13H17NO2. The van der Waals surface area contributed by atoms with E-state index in [2.05, 4.69) is 5.32 Å². The Morgan fingerprint density at radius 3 is 3.00 bits per heavy atom. The first-order valence-corrected chi connectivity index (χ1v) is 5.80.